The van der Waals surface area contributed by atoms with Gasteiger partial charge >= 0.3 is 0 Å². The summed E-state index contributed by atoms with van der Waals surface area (Å²) in [4.78, 5) is 16.2. The number of carbonyl (C=O) groups excluding carboxylic acids is 1. The minimum atomic E-state index is -3.35. The van der Waals surface area contributed by atoms with Crippen molar-refractivity contribution < 1.29 is 13.2 Å². The van der Waals surface area contributed by atoms with Crippen LogP contribution in [0.2, 0.25) is 0 Å². The summed E-state index contributed by atoms with van der Waals surface area (Å²) >= 11 is 1.55. The lowest BCUT2D eigenvalue weighted by Gasteiger charge is -2.09. The first-order valence-corrected chi connectivity index (χ1v) is 9.68. The molecule has 0 saturated heterocycles. The second kappa shape index (κ2) is 7.02. The van der Waals surface area contributed by atoms with Gasteiger partial charge in [0.25, 0.3) is 0 Å². The summed E-state index contributed by atoms with van der Waals surface area (Å²) in [6.45, 7) is 1.76. The molecule has 0 bridgehead atoms. The van der Waals surface area contributed by atoms with Crippen LogP contribution in [0.5, 0.6) is 0 Å². The molecule has 118 valence electrons. The third kappa shape index (κ3) is 4.38. The molecule has 0 aliphatic rings. The second-order valence-electron chi connectivity index (χ2n) is 5.02. The first-order valence-electron chi connectivity index (χ1n) is 6.84. The van der Waals surface area contributed by atoms with E-state index in [-0.39, 0.29) is 0 Å². The minimum Gasteiger partial charge on any atom is -0.355 e. The van der Waals surface area contributed by atoms with E-state index in [0.29, 0.717) is 13.0 Å². The molecule has 1 amide bonds. The van der Waals surface area contributed by atoms with Gasteiger partial charge < -0.3 is 5.32 Å². The van der Waals surface area contributed by atoms with Crippen molar-refractivity contribution in [3.63, 3.8) is 0 Å². The van der Waals surface area contributed by atoms with E-state index in [9.17, 15) is 13.2 Å². The predicted molar refractivity (Wildman–Crippen MR) is 88.6 cm³/mol. The SMILES string of the molecule is C[C@H](C(=O)NCCc1csc(-c2ccccc2)n1)S(C)(=O)=O. The van der Waals surface area contributed by atoms with Crippen molar-refractivity contribution >= 4 is 27.1 Å². The van der Waals surface area contributed by atoms with E-state index in [1.165, 1.54) is 6.92 Å². The number of hydrogen-bond acceptors (Lipinski definition) is 5. The van der Waals surface area contributed by atoms with Crippen LogP contribution in [0.15, 0.2) is 35.7 Å². The first kappa shape index (κ1) is 16.6. The van der Waals surface area contributed by atoms with Crippen LogP contribution in [0.3, 0.4) is 0 Å². The van der Waals surface area contributed by atoms with Gasteiger partial charge in [0.2, 0.25) is 5.91 Å². The highest BCUT2D eigenvalue weighted by molar-refractivity contribution is 7.92. The Balaban J connectivity index is 1.89. The van der Waals surface area contributed by atoms with Crippen molar-refractivity contribution in [2.45, 2.75) is 18.6 Å². The van der Waals surface area contributed by atoms with Crippen molar-refractivity contribution in [1.82, 2.24) is 10.3 Å². The van der Waals surface area contributed by atoms with Gasteiger partial charge in [-0.2, -0.15) is 0 Å². The molecule has 0 radical (unpaired) electrons. The molecule has 0 fully saturated rings. The Labute approximate surface area is 134 Å². The Hall–Kier alpha value is -1.73. The Morgan fingerprint density at radius 2 is 2.00 bits per heavy atom. The molecule has 0 aliphatic heterocycles. The van der Waals surface area contributed by atoms with Crippen LogP contribution in [0.25, 0.3) is 10.6 Å². The van der Waals surface area contributed by atoms with Crippen LogP contribution in [-0.4, -0.2) is 37.4 Å². The lowest BCUT2D eigenvalue weighted by Crippen LogP contribution is -2.38. The largest absolute Gasteiger partial charge is 0.355 e. The average molecular weight is 338 g/mol. The Morgan fingerprint density at radius 3 is 2.64 bits per heavy atom. The molecule has 1 aromatic carbocycles. The molecule has 1 atom stereocenters. The highest BCUT2D eigenvalue weighted by atomic mass is 32.2. The normalized spacial score (nSPS) is 12.8. The molecule has 5 nitrogen and oxygen atoms in total. The Morgan fingerprint density at radius 1 is 1.32 bits per heavy atom. The van der Waals surface area contributed by atoms with Gasteiger partial charge in [-0.05, 0) is 6.92 Å². The lowest BCUT2D eigenvalue weighted by molar-refractivity contribution is -0.120. The summed E-state index contributed by atoms with van der Waals surface area (Å²) in [5, 5.41) is 4.50. The molecule has 7 heteroatoms. The zero-order valence-electron chi connectivity index (χ0n) is 12.4. The maximum atomic E-state index is 11.7. The van der Waals surface area contributed by atoms with E-state index < -0.39 is 21.0 Å². The van der Waals surface area contributed by atoms with E-state index in [4.69, 9.17) is 0 Å². The van der Waals surface area contributed by atoms with Crippen molar-refractivity contribution in [1.29, 1.82) is 0 Å². The van der Waals surface area contributed by atoms with Crippen LogP contribution >= 0.6 is 11.3 Å². The third-order valence-electron chi connectivity index (χ3n) is 3.26. The lowest BCUT2D eigenvalue weighted by atomic mass is 10.2. The summed E-state index contributed by atoms with van der Waals surface area (Å²) in [5.41, 5.74) is 1.95. The maximum Gasteiger partial charge on any atom is 0.238 e. The standard InChI is InChI=1S/C15H18N2O3S2/c1-11(22(2,19)20)14(18)16-9-8-13-10-21-15(17-13)12-6-4-3-5-7-12/h3-7,10-11H,8-9H2,1-2H3,(H,16,18)/t11-/m1/s1. The topological polar surface area (TPSA) is 76.1 Å². The maximum absolute atomic E-state index is 11.7. The molecule has 0 aliphatic carbocycles. The second-order valence-corrected chi connectivity index (χ2v) is 8.25. The van der Waals surface area contributed by atoms with E-state index in [2.05, 4.69) is 10.3 Å². The number of nitrogens with one attached hydrogen (secondary N) is 1. The van der Waals surface area contributed by atoms with E-state index >= 15 is 0 Å². The van der Waals surface area contributed by atoms with Crippen molar-refractivity contribution in [2.24, 2.45) is 0 Å². The van der Waals surface area contributed by atoms with Gasteiger partial charge in [-0.1, -0.05) is 30.3 Å². The molecule has 1 heterocycles. The number of hydrogen-bond donors (Lipinski definition) is 1. The number of thiazole rings is 1. The highest BCUT2D eigenvalue weighted by Crippen LogP contribution is 2.23. The molecular formula is C15H18N2O3S2. The number of nitrogens with zero attached hydrogens (tertiary/aromatic N) is 1. The van der Waals surface area contributed by atoms with Gasteiger partial charge in [-0.25, -0.2) is 13.4 Å². The number of carbonyl (C=O) groups is 1. The van der Waals surface area contributed by atoms with Gasteiger partial charge in [0, 0.05) is 30.2 Å². The summed E-state index contributed by atoms with van der Waals surface area (Å²) < 4.78 is 22.6. The van der Waals surface area contributed by atoms with Crippen LogP contribution in [-0.2, 0) is 21.1 Å². The summed E-state index contributed by atoms with van der Waals surface area (Å²) in [6, 6.07) is 9.87. The molecule has 1 aromatic heterocycles. The molecular weight excluding hydrogens is 320 g/mol. The van der Waals surface area contributed by atoms with Crippen LogP contribution < -0.4 is 5.32 Å². The van der Waals surface area contributed by atoms with Crippen molar-refractivity contribution in [3.8, 4) is 10.6 Å². The van der Waals surface area contributed by atoms with E-state index in [1.807, 2.05) is 35.7 Å². The van der Waals surface area contributed by atoms with Crippen LogP contribution in [0.4, 0.5) is 0 Å². The summed E-state index contributed by atoms with van der Waals surface area (Å²) in [6.07, 6.45) is 1.63. The molecule has 1 N–H and O–H groups in total. The van der Waals surface area contributed by atoms with Gasteiger partial charge in [0.15, 0.2) is 9.84 Å². The summed E-state index contributed by atoms with van der Waals surface area (Å²) in [7, 11) is -3.35. The smallest absolute Gasteiger partial charge is 0.238 e. The zero-order valence-corrected chi connectivity index (χ0v) is 14.1. The Kier molecular flexibility index (Phi) is 5.31. The molecule has 2 rings (SSSR count). The van der Waals surface area contributed by atoms with Crippen LogP contribution in [0, 0.1) is 0 Å². The monoisotopic (exact) mass is 338 g/mol. The minimum absolute atomic E-state index is 0.372. The van der Waals surface area contributed by atoms with Gasteiger partial charge in [-0.3, -0.25) is 4.79 Å². The van der Waals surface area contributed by atoms with Gasteiger partial charge in [0.05, 0.1) is 5.69 Å². The molecule has 0 saturated carbocycles. The van der Waals surface area contributed by atoms with E-state index in [0.717, 1.165) is 22.5 Å². The number of benzene rings is 1. The third-order valence-corrected chi connectivity index (χ3v) is 5.70. The fourth-order valence-corrected chi connectivity index (χ4v) is 3.12. The summed E-state index contributed by atoms with van der Waals surface area (Å²) in [5.74, 6) is -0.471. The number of aromatic nitrogens is 1. The fourth-order valence-electron chi connectivity index (χ4n) is 1.79. The fraction of sp³-hybridized carbons (Fsp3) is 0.333. The number of amides is 1. The number of sulfone groups is 1. The van der Waals surface area contributed by atoms with Gasteiger partial charge in [-0.15, -0.1) is 11.3 Å². The quantitative estimate of drug-likeness (QED) is 0.873. The zero-order chi connectivity index (χ0) is 16.2. The van der Waals surface area contributed by atoms with Gasteiger partial charge in [0.1, 0.15) is 10.3 Å². The molecule has 0 unspecified atom stereocenters. The first-order chi connectivity index (χ1) is 10.4. The Bertz CT molecular complexity index is 739. The van der Waals surface area contributed by atoms with Crippen LogP contribution in [0.1, 0.15) is 12.6 Å². The molecule has 22 heavy (non-hydrogen) atoms. The van der Waals surface area contributed by atoms with Crippen molar-refractivity contribution in [3.05, 3.63) is 41.4 Å². The highest BCUT2D eigenvalue weighted by Gasteiger charge is 2.22. The number of rotatable bonds is 6. The average Bonchev–Trinajstić information content (AvgIpc) is 2.95. The predicted octanol–water partition coefficient (Wildman–Crippen LogP) is 1.90. The van der Waals surface area contributed by atoms with Crippen molar-refractivity contribution in [2.75, 3.05) is 12.8 Å². The molecule has 0 spiro atoms. The van der Waals surface area contributed by atoms with E-state index in [1.54, 1.807) is 11.3 Å². The molecule has 2 aromatic rings.